The van der Waals surface area contributed by atoms with Gasteiger partial charge < -0.3 is 9.40 Å². The highest BCUT2D eigenvalue weighted by atomic mass is 35.5. The minimum atomic E-state index is -0.229. The number of nitrogens with one attached hydrogen (secondary N) is 1. The van der Waals surface area contributed by atoms with E-state index in [1.807, 2.05) is 0 Å². The molecule has 5 heteroatoms. The zero-order valence-electron chi connectivity index (χ0n) is 14.9. The lowest BCUT2D eigenvalue weighted by atomic mass is 9.75. The molecule has 0 saturated heterocycles. The van der Waals surface area contributed by atoms with E-state index in [-0.39, 0.29) is 17.1 Å². The lowest BCUT2D eigenvalue weighted by molar-refractivity contribution is 0.255. The van der Waals surface area contributed by atoms with Gasteiger partial charge >= 0.3 is 0 Å². The van der Waals surface area contributed by atoms with Gasteiger partial charge in [-0.15, -0.1) is 6.58 Å². The molecule has 1 unspecified atom stereocenters. The zero-order valence-corrected chi connectivity index (χ0v) is 15.7. The first kappa shape index (κ1) is 17.3. The van der Waals surface area contributed by atoms with Crippen LogP contribution in [0.4, 0.5) is 0 Å². The fourth-order valence-corrected chi connectivity index (χ4v) is 4.45. The third kappa shape index (κ3) is 3.07. The predicted molar refractivity (Wildman–Crippen MR) is 106 cm³/mol. The number of nitrogens with zero attached hydrogens (tertiary/aromatic N) is 1. The molecule has 0 amide bonds. The van der Waals surface area contributed by atoms with Crippen LogP contribution >= 0.6 is 11.6 Å². The summed E-state index contributed by atoms with van der Waals surface area (Å²) in [6, 6.07) is 5.33. The average Bonchev–Trinajstić information content (AvgIpc) is 3.00. The number of hydrogen-bond acceptors (Lipinski definition) is 3. The third-order valence-electron chi connectivity index (χ3n) is 5.70. The largest absolute Gasteiger partial charge is 0.449 e. The van der Waals surface area contributed by atoms with Gasteiger partial charge in [-0.05, 0) is 49.3 Å². The number of furan rings is 1. The van der Waals surface area contributed by atoms with E-state index in [0.717, 1.165) is 17.6 Å². The summed E-state index contributed by atoms with van der Waals surface area (Å²) in [5, 5.41) is 1.39. The molecule has 26 heavy (non-hydrogen) atoms. The summed E-state index contributed by atoms with van der Waals surface area (Å²) in [7, 11) is 0. The summed E-state index contributed by atoms with van der Waals surface area (Å²) in [6.45, 7) is 6.14. The molecule has 1 fully saturated rings. The van der Waals surface area contributed by atoms with Crippen molar-refractivity contribution in [3.05, 3.63) is 52.1 Å². The zero-order chi connectivity index (χ0) is 18.3. The highest BCUT2D eigenvalue weighted by molar-refractivity contribution is 6.31. The second-order valence-corrected chi connectivity index (χ2v) is 7.89. The van der Waals surface area contributed by atoms with E-state index >= 15 is 0 Å². The number of rotatable bonds is 4. The van der Waals surface area contributed by atoms with Crippen molar-refractivity contribution in [2.45, 2.75) is 44.9 Å². The van der Waals surface area contributed by atoms with Gasteiger partial charge in [0.25, 0.3) is 5.56 Å². The molecule has 136 valence electrons. The fraction of sp³-hybridized carbons (Fsp3) is 0.429. The molecule has 2 aromatic heterocycles. The van der Waals surface area contributed by atoms with Gasteiger partial charge in [0.1, 0.15) is 16.9 Å². The van der Waals surface area contributed by atoms with Gasteiger partial charge in [-0.3, -0.25) is 4.79 Å². The van der Waals surface area contributed by atoms with Gasteiger partial charge in [0.15, 0.2) is 0 Å². The molecule has 0 spiro atoms. The van der Waals surface area contributed by atoms with Crippen molar-refractivity contribution in [2.24, 2.45) is 11.8 Å². The van der Waals surface area contributed by atoms with E-state index in [1.165, 1.54) is 25.7 Å². The van der Waals surface area contributed by atoms with Crippen LogP contribution in [0.15, 0.2) is 40.1 Å². The Morgan fingerprint density at radius 1 is 1.42 bits per heavy atom. The quantitative estimate of drug-likeness (QED) is 0.589. The monoisotopic (exact) mass is 370 g/mol. The molecule has 1 aliphatic carbocycles. The minimum Gasteiger partial charge on any atom is -0.449 e. The number of hydrogen-bond donors (Lipinski definition) is 1. The Labute approximate surface area is 157 Å². The number of benzene rings is 1. The molecule has 0 radical (unpaired) electrons. The van der Waals surface area contributed by atoms with Gasteiger partial charge in [0.2, 0.25) is 5.58 Å². The van der Waals surface area contributed by atoms with Crippen LogP contribution in [0.5, 0.6) is 0 Å². The molecule has 1 aliphatic rings. The van der Waals surface area contributed by atoms with Crippen LogP contribution in [0.1, 0.15) is 50.8 Å². The van der Waals surface area contributed by atoms with Crippen LogP contribution < -0.4 is 5.56 Å². The van der Waals surface area contributed by atoms with Crippen LogP contribution in [0, 0.1) is 11.8 Å². The van der Waals surface area contributed by atoms with Gasteiger partial charge in [0.05, 0.1) is 0 Å². The molecule has 3 atom stereocenters. The lowest BCUT2D eigenvalue weighted by Crippen LogP contribution is -2.21. The van der Waals surface area contributed by atoms with Gasteiger partial charge in [-0.2, -0.15) is 0 Å². The molecule has 3 aromatic rings. The maximum atomic E-state index is 12.5. The van der Waals surface area contributed by atoms with E-state index in [9.17, 15) is 4.79 Å². The summed E-state index contributed by atoms with van der Waals surface area (Å²) in [5.74, 6) is 2.06. The second-order valence-electron chi connectivity index (χ2n) is 7.45. The Hall–Kier alpha value is -2.07. The Bertz CT molecular complexity index is 1020. The summed E-state index contributed by atoms with van der Waals surface area (Å²) in [5.41, 5.74) is 1.26. The molecule has 1 aromatic carbocycles. The van der Waals surface area contributed by atoms with Crippen molar-refractivity contribution in [1.82, 2.24) is 9.97 Å². The molecule has 1 N–H and O–H groups in total. The number of aromatic nitrogens is 2. The molecule has 4 rings (SSSR count). The van der Waals surface area contributed by atoms with Crippen LogP contribution in [0.25, 0.3) is 22.1 Å². The normalized spacial score (nSPS) is 21.9. The highest BCUT2D eigenvalue weighted by Gasteiger charge is 2.26. The smallest absolute Gasteiger partial charge is 0.294 e. The van der Waals surface area contributed by atoms with Gasteiger partial charge in [-0.25, -0.2) is 4.98 Å². The third-order valence-corrected chi connectivity index (χ3v) is 5.93. The van der Waals surface area contributed by atoms with Crippen LogP contribution in [-0.2, 0) is 0 Å². The molecule has 0 bridgehead atoms. The van der Waals surface area contributed by atoms with Gasteiger partial charge in [0, 0.05) is 16.3 Å². The van der Waals surface area contributed by atoms with Crippen molar-refractivity contribution in [2.75, 3.05) is 0 Å². The molecule has 4 nitrogen and oxygen atoms in total. The maximum Gasteiger partial charge on any atom is 0.294 e. The Morgan fingerprint density at radius 2 is 2.23 bits per heavy atom. The SMILES string of the molecule is C=C[C@@H]1CCCCC1C[C@H](C)c1nc2c(oc3ccc(Cl)cc32)c(=O)[nH]1. The Morgan fingerprint density at radius 3 is 3.04 bits per heavy atom. The second kappa shape index (κ2) is 6.92. The topological polar surface area (TPSA) is 58.9 Å². The molecule has 1 saturated carbocycles. The van der Waals surface area contributed by atoms with Crippen LogP contribution in [-0.4, -0.2) is 9.97 Å². The van der Waals surface area contributed by atoms with E-state index in [0.29, 0.717) is 28.0 Å². The maximum absolute atomic E-state index is 12.5. The molecular weight excluding hydrogens is 348 g/mol. The number of H-pyrrole nitrogens is 1. The van der Waals surface area contributed by atoms with Gasteiger partial charge in [-0.1, -0.05) is 37.4 Å². The Kier molecular flexibility index (Phi) is 4.62. The van der Waals surface area contributed by atoms with Crippen molar-refractivity contribution >= 4 is 33.7 Å². The standard InChI is InChI=1S/C21H23ClN2O2/c1-3-13-6-4-5-7-14(13)10-12(2)20-23-18-16-11-15(22)8-9-17(16)26-19(18)21(25)24-20/h3,8-9,11-14H,1,4-7,10H2,2H3,(H,23,24,25)/t12-,13+,14?/m0/s1. The Balaban J connectivity index is 1.71. The first-order valence-electron chi connectivity index (χ1n) is 9.31. The van der Waals surface area contributed by atoms with E-state index in [2.05, 4.69) is 24.6 Å². The van der Waals surface area contributed by atoms with Crippen LogP contribution in [0.3, 0.4) is 0 Å². The average molecular weight is 371 g/mol. The summed E-state index contributed by atoms with van der Waals surface area (Å²) in [6.07, 6.45) is 8.09. The fourth-order valence-electron chi connectivity index (χ4n) is 4.28. The molecule has 2 heterocycles. The van der Waals surface area contributed by atoms with Crippen molar-refractivity contribution < 1.29 is 4.42 Å². The van der Waals surface area contributed by atoms with E-state index in [1.54, 1.807) is 18.2 Å². The van der Waals surface area contributed by atoms with Crippen LogP contribution in [0.2, 0.25) is 5.02 Å². The summed E-state index contributed by atoms with van der Waals surface area (Å²) >= 11 is 6.11. The van der Waals surface area contributed by atoms with Crippen molar-refractivity contribution in [3.63, 3.8) is 0 Å². The summed E-state index contributed by atoms with van der Waals surface area (Å²) in [4.78, 5) is 20.2. The summed E-state index contributed by atoms with van der Waals surface area (Å²) < 4.78 is 5.68. The molecular formula is C21H23ClN2O2. The van der Waals surface area contributed by atoms with E-state index in [4.69, 9.17) is 21.0 Å². The number of aromatic amines is 1. The molecule has 0 aliphatic heterocycles. The predicted octanol–water partition coefficient (Wildman–Crippen LogP) is 5.81. The number of fused-ring (bicyclic) bond motifs is 3. The van der Waals surface area contributed by atoms with Crippen molar-refractivity contribution in [1.29, 1.82) is 0 Å². The van der Waals surface area contributed by atoms with Crippen molar-refractivity contribution in [3.8, 4) is 0 Å². The number of halogens is 1. The first-order valence-corrected chi connectivity index (χ1v) is 9.69. The highest BCUT2D eigenvalue weighted by Crippen LogP contribution is 2.37. The van der Waals surface area contributed by atoms with E-state index < -0.39 is 0 Å². The first-order chi connectivity index (χ1) is 12.6. The number of allylic oxidation sites excluding steroid dienone is 1. The minimum absolute atomic E-state index is 0.168. The lowest BCUT2D eigenvalue weighted by Gasteiger charge is -2.31.